The Morgan fingerprint density at radius 3 is 2.96 bits per heavy atom. The van der Waals surface area contributed by atoms with Crippen LogP contribution in [0, 0.1) is 0 Å². The summed E-state index contributed by atoms with van der Waals surface area (Å²) >= 11 is 0. The molecule has 2 aromatic heterocycles. The van der Waals surface area contributed by atoms with Crippen LogP contribution in [0.25, 0.3) is 11.2 Å². The topological polar surface area (TPSA) is 103 Å². The number of fused-ring (bicyclic) bond motifs is 1. The second-order valence-corrected chi connectivity index (χ2v) is 4.99. The maximum absolute atomic E-state index is 13.4. The van der Waals surface area contributed by atoms with Crippen LogP contribution in [0.5, 0.6) is 5.75 Å². The van der Waals surface area contributed by atoms with Gasteiger partial charge in [0.1, 0.15) is 5.52 Å². The number of hydrogen-bond donors (Lipinski definition) is 1. The maximum atomic E-state index is 13.4. The van der Waals surface area contributed by atoms with E-state index >= 15 is 0 Å². The smallest absolute Gasteiger partial charge is 0.870 e. The number of aromatic nitrogens is 2. The van der Waals surface area contributed by atoms with Gasteiger partial charge in [0.05, 0.1) is 6.93 Å². The van der Waals surface area contributed by atoms with Gasteiger partial charge in [0.25, 0.3) is 11.5 Å². The molecule has 1 amide bonds. The van der Waals surface area contributed by atoms with E-state index in [9.17, 15) is 14.7 Å². The molecule has 0 saturated carbocycles. The Labute approximate surface area is 226 Å². The normalized spacial score (nSPS) is 35.6. The minimum absolute atomic E-state index is 0. The zero-order valence-corrected chi connectivity index (χ0v) is 17.2. The summed E-state index contributed by atoms with van der Waals surface area (Å²) in [6.45, 7) is -16.3. The predicted molar refractivity (Wildman–Crippen MR) is 95.3 cm³/mol. The van der Waals surface area contributed by atoms with Gasteiger partial charge < -0.3 is 19.7 Å². The standard InChI is InChI=1S/C18H26N4O4.K/c1-12(2)22-17(25)13(15(23)14-18(22)26-11-20-14)16(24)19-7-6-10-21-8-4-3-5-9-21;/h11-12,23H,3-10H2,1-2H3,(H,19,24);/q;+1/p-1/i1D3,2D3,3D2,4D2,5D2,8D2,9D2,12D;/hD. The summed E-state index contributed by atoms with van der Waals surface area (Å²) in [5.41, 5.74) is -5.39. The molecule has 0 atom stereocenters. The molecule has 1 saturated heterocycles. The molecular formula is C18H25KN4O4. The van der Waals surface area contributed by atoms with E-state index in [1.54, 1.807) is 0 Å². The summed E-state index contributed by atoms with van der Waals surface area (Å²) in [5.74, 6) is -3.27. The van der Waals surface area contributed by atoms with Gasteiger partial charge in [-0.05, 0) is 52.4 Å². The number of amides is 1. The number of carbonyl (C=O) groups excluding carboxylic acids is 1. The number of likely N-dealkylation sites (tertiary alicyclic amines) is 1. The average Bonchev–Trinajstić information content (AvgIpc) is 3.33. The Hall–Kier alpha value is -0.714. The molecule has 9 heteroatoms. The van der Waals surface area contributed by atoms with Crippen molar-refractivity contribution in [1.29, 1.82) is 0 Å². The summed E-state index contributed by atoms with van der Waals surface area (Å²) < 4.78 is 147. The molecule has 2 aromatic rings. The van der Waals surface area contributed by atoms with Crippen molar-refractivity contribution in [1.82, 2.24) is 19.8 Å². The fraction of sp³-hybridized carbons (Fsp3) is 0.611. The van der Waals surface area contributed by atoms with E-state index in [2.05, 4.69) is 4.98 Å². The number of carbonyl (C=O) groups is 1. The number of pyridine rings is 1. The Balaban J connectivity index is 0.00000705. The van der Waals surface area contributed by atoms with Gasteiger partial charge in [-0.25, -0.2) is 4.98 Å². The van der Waals surface area contributed by atoms with Gasteiger partial charge in [-0.2, -0.15) is 0 Å². The van der Waals surface area contributed by atoms with Gasteiger partial charge in [-0.3, -0.25) is 14.2 Å². The molecule has 142 valence electrons. The molecule has 1 fully saturated rings. The van der Waals surface area contributed by atoms with Crippen molar-refractivity contribution in [2.45, 2.75) is 45.3 Å². The second kappa shape index (κ2) is 10.2. The van der Waals surface area contributed by atoms with Gasteiger partial charge >= 0.3 is 51.4 Å². The SMILES string of the molecule is [2H]N(CCCN1C([2H])([2H])C([2H])([2H])C([2H])([2H])C([2H])([2H])C1([2H])[2H])C(=O)c1c([O-])c2ncoc2n(C([2H])(C([2H])([2H])[2H])C([2H])([2H])[2H])c1=O.[K+]. The Bertz CT molecular complexity index is 1470. The summed E-state index contributed by atoms with van der Waals surface area (Å²) in [5, 5.41) is 12.9. The Kier molecular flexibility index (Phi) is 3.09. The molecule has 1 aliphatic rings. The van der Waals surface area contributed by atoms with Crippen molar-refractivity contribution < 1.29 is 90.4 Å². The van der Waals surface area contributed by atoms with Crippen LogP contribution in [0.2, 0.25) is 1.41 Å². The molecule has 8 nitrogen and oxygen atoms in total. The van der Waals surface area contributed by atoms with E-state index < -0.39 is 105 Å². The summed E-state index contributed by atoms with van der Waals surface area (Å²) in [6, 6.07) is -3.82. The van der Waals surface area contributed by atoms with Crippen molar-refractivity contribution in [3.05, 3.63) is 22.3 Å². The molecule has 1 aliphatic heterocycles. The second-order valence-electron chi connectivity index (χ2n) is 4.99. The predicted octanol–water partition coefficient (Wildman–Crippen LogP) is -1.75. The number of nitrogens with zero attached hydrogens (tertiary/aromatic N) is 3. The molecule has 3 rings (SSSR count). The first-order chi connectivity index (χ1) is 19.5. The minimum atomic E-state index is -3.82. The maximum Gasteiger partial charge on any atom is 1.00 e. The van der Waals surface area contributed by atoms with Crippen molar-refractivity contribution in [3.8, 4) is 5.75 Å². The van der Waals surface area contributed by atoms with Crippen LogP contribution in [-0.4, -0.2) is 46.4 Å². The number of hydrogen-bond acceptors (Lipinski definition) is 6. The molecule has 0 aliphatic carbocycles. The third-order valence-corrected chi connectivity index (χ3v) is 3.35. The summed E-state index contributed by atoms with van der Waals surface area (Å²) in [7, 11) is 0. The minimum Gasteiger partial charge on any atom is -0.870 e. The monoisotopic (exact) mass is 418 g/mol. The first-order valence-corrected chi connectivity index (χ1v) is 7.26. The van der Waals surface area contributed by atoms with E-state index in [0.717, 1.165) is 0 Å². The van der Waals surface area contributed by atoms with Crippen LogP contribution < -0.4 is 67.4 Å². The largest absolute Gasteiger partial charge is 1.00 e. The zero-order chi connectivity index (χ0) is 34.4. The first-order valence-electron chi connectivity index (χ1n) is 16.2. The van der Waals surface area contributed by atoms with Gasteiger partial charge in [0, 0.05) is 34.5 Å². The molecular weight excluding hydrogens is 375 g/mol. The molecule has 0 bridgehead atoms. The van der Waals surface area contributed by atoms with E-state index in [0.29, 0.717) is 6.39 Å². The molecule has 1 N–H and O–H groups in total. The van der Waals surface area contributed by atoms with Crippen molar-refractivity contribution in [3.63, 3.8) is 0 Å². The fourth-order valence-electron chi connectivity index (χ4n) is 2.22. The van der Waals surface area contributed by atoms with E-state index in [1.807, 2.05) is 0 Å². The molecule has 0 radical (unpaired) electrons. The summed E-state index contributed by atoms with van der Waals surface area (Å²) in [4.78, 5) is 30.1. The van der Waals surface area contributed by atoms with Crippen LogP contribution in [0.15, 0.2) is 15.6 Å². The van der Waals surface area contributed by atoms with Crippen molar-refractivity contribution >= 4 is 17.1 Å². The Morgan fingerprint density at radius 2 is 2.26 bits per heavy atom. The van der Waals surface area contributed by atoms with Crippen molar-refractivity contribution in [2.75, 3.05) is 26.1 Å². The van der Waals surface area contributed by atoms with E-state index in [-0.39, 0.29) is 66.2 Å². The molecule has 0 spiro atoms. The van der Waals surface area contributed by atoms with E-state index in [4.69, 9.17) is 29.1 Å². The van der Waals surface area contributed by atoms with Crippen LogP contribution in [-0.2, 0) is 0 Å². The van der Waals surface area contributed by atoms with Crippen LogP contribution in [0.1, 0.15) is 78.9 Å². The quantitative estimate of drug-likeness (QED) is 0.558. The number of oxazole rings is 1. The van der Waals surface area contributed by atoms with Gasteiger partial charge in [0.15, 0.2) is 7.81 Å². The summed E-state index contributed by atoms with van der Waals surface area (Å²) in [6.07, 6.45) is -11.0. The number of piperidine rings is 1. The number of nitrogens with one attached hydrogen (secondary N) is 1. The number of rotatable bonds is 6. The molecule has 3 heterocycles. The third-order valence-electron chi connectivity index (χ3n) is 3.35. The third kappa shape index (κ3) is 5.02. The zero-order valence-electron chi connectivity index (χ0n) is 32.1. The van der Waals surface area contributed by atoms with Crippen LogP contribution in [0.4, 0.5) is 0 Å². The van der Waals surface area contributed by atoms with Crippen LogP contribution in [0.3, 0.4) is 0 Å². The van der Waals surface area contributed by atoms with Gasteiger partial charge in [0.2, 0.25) is 5.71 Å². The Morgan fingerprint density at radius 1 is 1.52 bits per heavy atom. The first kappa shape index (κ1) is 8.20. The van der Waals surface area contributed by atoms with Gasteiger partial charge in [-0.1, -0.05) is 12.1 Å². The average molecular weight is 419 g/mol. The van der Waals surface area contributed by atoms with Crippen molar-refractivity contribution in [2.24, 2.45) is 0 Å². The fourth-order valence-corrected chi connectivity index (χ4v) is 2.22. The molecule has 0 unspecified atom stereocenters. The molecule has 0 aromatic carbocycles. The van der Waals surface area contributed by atoms with E-state index in [1.165, 1.54) is 0 Å². The van der Waals surface area contributed by atoms with Gasteiger partial charge in [-0.15, -0.1) is 0 Å². The molecule has 27 heavy (non-hydrogen) atoms. The van der Waals surface area contributed by atoms with Crippen LogP contribution >= 0.6 is 0 Å².